The fourth-order valence-electron chi connectivity index (χ4n) is 4.36. The molecule has 0 N–H and O–H groups in total. The third-order valence-corrected chi connectivity index (χ3v) is 7.38. The van der Waals surface area contributed by atoms with Crippen LogP contribution in [0.1, 0.15) is 11.1 Å². The summed E-state index contributed by atoms with van der Waals surface area (Å²) in [5, 5.41) is 3.69. The van der Waals surface area contributed by atoms with E-state index in [4.69, 9.17) is 21.3 Å². The number of aromatic nitrogens is 1. The van der Waals surface area contributed by atoms with E-state index in [2.05, 4.69) is 23.1 Å². The van der Waals surface area contributed by atoms with Crippen LogP contribution in [0.2, 0.25) is 5.02 Å². The Kier molecular flexibility index (Phi) is 6.60. The summed E-state index contributed by atoms with van der Waals surface area (Å²) in [6, 6.07) is 18.2. The van der Waals surface area contributed by atoms with Crippen molar-refractivity contribution < 1.29 is 9.53 Å². The Morgan fingerprint density at radius 2 is 1.94 bits per heavy atom. The largest absolute Gasteiger partial charge is 0.379 e. The van der Waals surface area contributed by atoms with Gasteiger partial charge in [-0.1, -0.05) is 65.4 Å². The van der Waals surface area contributed by atoms with Crippen LogP contribution in [0.4, 0.5) is 5.13 Å². The molecule has 1 aliphatic rings. The van der Waals surface area contributed by atoms with Crippen molar-refractivity contribution in [2.24, 2.45) is 0 Å². The number of morpholine rings is 1. The first kappa shape index (κ1) is 22.3. The lowest BCUT2D eigenvalue weighted by molar-refractivity contribution is -0.118. The van der Waals surface area contributed by atoms with Crippen LogP contribution in [0.15, 0.2) is 54.6 Å². The zero-order chi connectivity index (χ0) is 22.8. The summed E-state index contributed by atoms with van der Waals surface area (Å²) in [4.78, 5) is 22.7. The molecule has 5 nitrogen and oxygen atoms in total. The molecular formula is C26H26ClN3O2S. The molecule has 0 radical (unpaired) electrons. The predicted octanol–water partition coefficient (Wildman–Crippen LogP) is 5.32. The van der Waals surface area contributed by atoms with Crippen LogP contribution < -0.4 is 4.90 Å². The lowest BCUT2D eigenvalue weighted by Gasteiger charge is -2.29. The van der Waals surface area contributed by atoms with E-state index >= 15 is 0 Å². The maximum Gasteiger partial charge on any atom is 0.233 e. The van der Waals surface area contributed by atoms with Crippen LogP contribution in [-0.2, 0) is 16.0 Å². The van der Waals surface area contributed by atoms with Crippen molar-refractivity contribution in [3.05, 3.63) is 70.7 Å². The summed E-state index contributed by atoms with van der Waals surface area (Å²) in [5.74, 6) is 0.0578. The topological polar surface area (TPSA) is 45.7 Å². The van der Waals surface area contributed by atoms with E-state index in [1.165, 1.54) is 11.3 Å². The van der Waals surface area contributed by atoms with Gasteiger partial charge in [0.05, 0.1) is 29.9 Å². The maximum absolute atomic E-state index is 13.7. The number of benzene rings is 3. The van der Waals surface area contributed by atoms with E-state index in [0.29, 0.717) is 18.0 Å². The van der Waals surface area contributed by atoms with Crippen molar-refractivity contribution in [2.75, 3.05) is 44.3 Å². The van der Waals surface area contributed by atoms with Gasteiger partial charge < -0.3 is 4.74 Å². The molecule has 0 spiro atoms. The van der Waals surface area contributed by atoms with Gasteiger partial charge >= 0.3 is 0 Å². The second-order valence-corrected chi connectivity index (χ2v) is 9.83. The summed E-state index contributed by atoms with van der Waals surface area (Å²) >= 11 is 7.81. The highest BCUT2D eigenvalue weighted by atomic mass is 35.5. The lowest BCUT2D eigenvalue weighted by Crippen LogP contribution is -2.43. The van der Waals surface area contributed by atoms with Crippen LogP contribution in [0.3, 0.4) is 0 Å². The molecule has 1 fully saturated rings. The van der Waals surface area contributed by atoms with Crippen LogP contribution in [-0.4, -0.2) is 55.2 Å². The average Bonchev–Trinajstić information content (AvgIpc) is 3.24. The molecule has 5 rings (SSSR count). The normalized spacial score (nSPS) is 14.7. The molecule has 3 aromatic carbocycles. The second kappa shape index (κ2) is 9.77. The molecule has 0 bridgehead atoms. The third-order valence-electron chi connectivity index (χ3n) is 6.14. The average molecular weight is 480 g/mol. The first-order chi connectivity index (χ1) is 16.1. The Balaban J connectivity index is 1.46. The number of anilines is 1. The Morgan fingerprint density at radius 1 is 1.15 bits per heavy atom. The number of halogens is 1. The lowest BCUT2D eigenvalue weighted by atomic mass is 10.0. The van der Waals surface area contributed by atoms with Crippen molar-refractivity contribution in [1.29, 1.82) is 0 Å². The monoisotopic (exact) mass is 479 g/mol. The summed E-state index contributed by atoms with van der Waals surface area (Å²) in [6.07, 6.45) is 0.333. The Bertz CT molecular complexity index is 1290. The number of hydrogen-bond donors (Lipinski definition) is 0. The number of amides is 1. The van der Waals surface area contributed by atoms with Crippen LogP contribution in [0, 0.1) is 6.92 Å². The van der Waals surface area contributed by atoms with Gasteiger partial charge in [-0.2, -0.15) is 0 Å². The van der Waals surface area contributed by atoms with Gasteiger partial charge in [0, 0.05) is 31.2 Å². The van der Waals surface area contributed by atoms with Gasteiger partial charge in [-0.05, 0) is 41.0 Å². The summed E-state index contributed by atoms with van der Waals surface area (Å²) in [6.45, 7) is 6.65. The van der Waals surface area contributed by atoms with Crippen LogP contribution in [0.25, 0.3) is 21.0 Å². The number of aryl methyl sites for hydroxylation is 1. The van der Waals surface area contributed by atoms with Gasteiger partial charge in [0.25, 0.3) is 0 Å². The fraction of sp³-hybridized carbons (Fsp3) is 0.308. The van der Waals surface area contributed by atoms with Gasteiger partial charge in [0.2, 0.25) is 5.91 Å². The van der Waals surface area contributed by atoms with E-state index in [1.807, 2.05) is 48.2 Å². The molecule has 1 saturated heterocycles. The fourth-order valence-corrected chi connectivity index (χ4v) is 5.82. The molecule has 7 heteroatoms. The second-order valence-electron chi connectivity index (χ2n) is 8.38. The molecule has 0 saturated carbocycles. The van der Waals surface area contributed by atoms with Crippen molar-refractivity contribution in [1.82, 2.24) is 9.88 Å². The number of nitrogens with zero attached hydrogens (tertiary/aromatic N) is 3. The highest BCUT2D eigenvalue weighted by molar-refractivity contribution is 7.22. The number of carbonyl (C=O) groups excluding carboxylic acids is 1. The Morgan fingerprint density at radius 3 is 2.79 bits per heavy atom. The maximum atomic E-state index is 13.7. The van der Waals surface area contributed by atoms with E-state index in [1.54, 1.807) is 0 Å². The van der Waals surface area contributed by atoms with Gasteiger partial charge in [0.1, 0.15) is 0 Å². The van der Waals surface area contributed by atoms with E-state index in [9.17, 15) is 4.79 Å². The van der Waals surface area contributed by atoms with Gasteiger partial charge in [0.15, 0.2) is 5.13 Å². The molecule has 2 heterocycles. The molecule has 1 amide bonds. The minimum atomic E-state index is 0.0578. The molecule has 1 aromatic heterocycles. The molecule has 1 aliphatic heterocycles. The summed E-state index contributed by atoms with van der Waals surface area (Å²) in [5.41, 5.74) is 2.97. The van der Waals surface area contributed by atoms with Gasteiger partial charge in [-0.15, -0.1) is 0 Å². The SMILES string of the molecule is Cc1cc(Cl)cc2sc(N(CCN3CCOCC3)C(=O)Cc3cccc4ccccc34)nc12. The number of ether oxygens (including phenoxy) is 1. The number of hydrogen-bond acceptors (Lipinski definition) is 5. The molecule has 4 aromatic rings. The predicted molar refractivity (Wildman–Crippen MR) is 137 cm³/mol. The molecular weight excluding hydrogens is 454 g/mol. The third kappa shape index (κ3) is 4.89. The molecule has 0 atom stereocenters. The van der Waals surface area contributed by atoms with Crippen molar-refractivity contribution in [2.45, 2.75) is 13.3 Å². The quantitative estimate of drug-likeness (QED) is 0.375. The van der Waals surface area contributed by atoms with E-state index < -0.39 is 0 Å². The zero-order valence-corrected chi connectivity index (χ0v) is 20.2. The van der Waals surface area contributed by atoms with Gasteiger partial charge in [-0.25, -0.2) is 4.98 Å². The summed E-state index contributed by atoms with van der Waals surface area (Å²) < 4.78 is 6.48. The standard InChI is InChI=1S/C26H26ClN3O2S/c1-18-15-21(27)17-23-25(18)28-26(33-23)30(10-9-29-11-13-32-14-12-29)24(31)16-20-7-4-6-19-5-2-3-8-22(19)20/h2-8,15,17H,9-14,16H2,1H3. The highest BCUT2D eigenvalue weighted by Gasteiger charge is 2.23. The number of thiazole rings is 1. The first-order valence-corrected chi connectivity index (χ1v) is 12.4. The number of carbonyl (C=O) groups is 1. The molecule has 0 unspecified atom stereocenters. The van der Waals surface area contributed by atoms with Gasteiger partial charge in [-0.3, -0.25) is 14.6 Å². The van der Waals surface area contributed by atoms with Crippen molar-refractivity contribution in [3.8, 4) is 0 Å². The Hall–Kier alpha value is -2.51. The zero-order valence-electron chi connectivity index (χ0n) is 18.6. The van der Waals surface area contributed by atoms with E-state index in [-0.39, 0.29) is 5.91 Å². The van der Waals surface area contributed by atoms with Crippen molar-refractivity contribution in [3.63, 3.8) is 0 Å². The Labute approximate surface area is 202 Å². The smallest absolute Gasteiger partial charge is 0.233 e. The number of rotatable bonds is 6. The highest BCUT2D eigenvalue weighted by Crippen LogP contribution is 2.33. The molecule has 170 valence electrons. The summed E-state index contributed by atoms with van der Waals surface area (Å²) in [7, 11) is 0. The van der Waals surface area contributed by atoms with Crippen molar-refractivity contribution >= 4 is 55.0 Å². The number of fused-ring (bicyclic) bond motifs is 2. The first-order valence-electron chi connectivity index (χ1n) is 11.2. The minimum Gasteiger partial charge on any atom is -0.379 e. The van der Waals surface area contributed by atoms with Crippen LogP contribution in [0.5, 0.6) is 0 Å². The van der Waals surface area contributed by atoms with Crippen LogP contribution >= 0.6 is 22.9 Å². The van der Waals surface area contributed by atoms with E-state index in [0.717, 1.165) is 70.1 Å². The molecule has 33 heavy (non-hydrogen) atoms. The molecule has 0 aliphatic carbocycles. The minimum absolute atomic E-state index is 0.0578.